The first-order valence-electron chi connectivity index (χ1n) is 5.93. The molecule has 0 heterocycles. The lowest BCUT2D eigenvalue weighted by Gasteiger charge is -2.28. The second kappa shape index (κ2) is 6.49. The third-order valence-electron chi connectivity index (χ3n) is 2.94. The molecule has 2 nitrogen and oxygen atoms in total. The van der Waals surface area contributed by atoms with Gasteiger partial charge in [-0.15, -0.1) is 0 Å². The standard InChI is InChI=1S/C13H16F5NO/c1-19-11(12(14,15)13(16,17)18)10-5-3-9(4-6-10)7-8-20-2/h3-6,11,19H,7-8H2,1-2H3. The molecule has 1 unspecified atom stereocenters. The van der Waals surface area contributed by atoms with E-state index < -0.39 is 18.1 Å². The Balaban J connectivity index is 2.96. The molecular formula is C13H16F5NO. The molecule has 1 atom stereocenters. The summed E-state index contributed by atoms with van der Waals surface area (Å²) in [7, 11) is 2.60. The summed E-state index contributed by atoms with van der Waals surface area (Å²) in [6.07, 6.45) is -5.04. The van der Waals surface area contributed by atoms with Crippen molar-refractivity contribution < 1.29 is 26.7 Å². The highest BCUT2D eigenvalue weighted by Gasteiger charge is 2.62. The summed E-state index contributed by atoms with van der Waals surface area (Å²) in [5.41, 5.74) is 0.691. The molecule has 0 fully saturated rings. The Morgan fingerprint density at radius 3 is 2.05 bits per heavy atom. The Labute approximate surface area is 113 Å². The number of benzene rings is 1. The Morgan fingerprint density at radius 1 is 1.10 bits per heavy atom. The minimum atomic E-state index is -5.60. The first-order chi connectivity index (χ1) is 9.24. The van der Waals surface area contributed by atoms with Gasteiger partial charge in [0.25, 0.3) is 0 Å². The van der Waals surface area contributed by atoms with Gasteiger partial charge in [0.05, 0.1) is 6.61 Å². The fourth-order valence-corrected chi connectivity index (χ4v) is 1.82. The molecule has 0 spiro atoms. The Morgan fingerprint density at radius 2 is 1.65 bits per heavy atom. The first-order valence-corrected chi connectivity index (χ1v) is 5.93. The van der Waals surface area contributed by atoms with Crippen LogP contribution in [0.4, 0.5) is 22.0 Å². The highest BCUT2D eigenvalue weighted by molar-refractivity contribution is 5.27. The average molecular weight is 297 g/mol. The van der Waals surface area contributed by atoms with Crippen molar-refractivity contribution in [2.45, 2.75) is 24.6 Å². The van der Waals surface area contributed by atoms with Gasteiger partial charge in [0.15, 0.2) is 0 Å². The Bertz CT molecular complexity index is 416. The van der Waals surface area contributed by atoms with Gasteiger partial charge in [-0.05, 0) is 24.6 Å². The summed E-state index contributed by atoms with van der Waals surface area (Å²) in [6.45, 7) is 0.452. The number of halogens is 5. The zero-order valence-electron chi connectivity index (χ0n) is 11.1. The molecule has 20 heavy (non-hydrogen) atoms. The fraction of sp³-hybridized carbons (Fsp3) is 0.538. The van der Waals surface area contributed by atoms with Crippen LogP contribution in [-0.4, -0.2) is 32.9 Å². The molecule has 114 valence electrons. The highest BCUT2D eigenvalue weighted by atomic mass is 19.4. The number of alkyl halides is 5. The molecule has 0 amide bonds. The van der Waals surface area contributed by atoms with E-state index in [0.717, 1.165) is 12.6 Å². The average Bonchev–Trinajstić information content (AvgIpc) is 2.37. The lowest BCUT2D eigenvalue weighted by atomic mass is 9.98. The van der Waals surface area contributed by atoms with Gasteiger partial charge < -0.3 is 10.1 Å². The third kappa shape index (κ3) is 3.67. The van der Waals surface area contributed by atoms with Crippen molar-refractivity contribution in [2.24, 2.45) is 0 Å². The van der Waals surface area contributed by atoms with Crippen LogP contribution in [0.5, 0.6) is 0 Å². The van der Waals surface area contributed by atoms with Gasteiger partial charge in [-0.3, -0.25) is 0 Å². The van der Waals surface area contributed by atoms with Gasteiger partial charge in [-0.2, -0.15) is 22.0 Å². The quantitative estimate of drug-likeness (QED) is 0.813. The molecule has 0 aliphatic heterocycles. The van der Waals surface area contributed by atoms with Gasteiger partial charge in [-0.1, -0.05) is 24.3 Å². The van der Waals surface area contributed by atoms with E-state index in [1.54, 1.807) is 0 Å². The van der Waals surface area contributed by atoms with E-state index in [-0.39, 0.29) is 5.56 Å². The number of methoxy groups -OCH3 is 1. The predicted octanol–water partition coefficient (Wildman–Crippen LogP) is 3.33. The van der Waals surface area contributed by atoms with Gasteiger partial charge in [0.1, 0.15) is 6.04 Å². The molecule has 1 rings (SSSR count). The van der Waals surface area contributed by atoms with Crippen molar-refractivity contribution in [3.05, 3.63) is 35.4 Å². The number of hydrogen-bond donors (Lipinski definition) is 1. The summed E-state index contributed by atoms with van der Waals surface area (Å²) in [5.74, 6) is -4.84. The summed E-state index contributed by atoms with van der Waals surface area (Å²) in [6, 6.07) is 3.47. The maximum atomic E-state index is 13.4. The van der Waals surface area contributed by atoms with Gasteiger partial charge in [-0.25, -0.2) is 0 Å². The summed E-state index contributed by atoms with van der Waals surface area (Å²) < 4.78 is 68.8. The van der Waals surface area contributed by atoms with Crippen LogP contribution < -0.4 is 5.32 Å². The van der Waals surface area contributed by atoms with E-state index in [0.29, 0.717) is 13.0 Å². The molecule has 0 aromatic heterocycles. The van der Waals surface area contributed by atoms with E-state index >= 15 is 0 Å². The Kier molecular flexibility index (Phi) is 5.47. The molecule has 0 bridgehead atoms. The van der Waals surface area contributed by atoms with Crippen LogP contribution in [0, 0.1) is 0 Å². The largest absolute Gasteiger partial charge is 0.455 e. The molecule has 7 heteroatoms. The van der Waals surface area contributed by atoms with Crippen molar-refractivity contribution in [3.63, 3.8) is 0 Å². The lowest BCUT2D eigenvalue weighted by Crippen LogP contribution is -2.47. The van der Waals surface area contributed by atoms with Gasteiger partial charge in [0, 0.05) is 7.11 Å². The number of ether oxygens (including phenoxy) is 1. The third-order valence-corrected chi connectivity index (χ3v) is 2.94. The first kappa shape index (κ1) is 16.8. The topological polar surface area (TPSA) is 21.3 Å². The monoisotopic (exact) mass is 297 g/mol. The van der Waals surface area contributed by atoms with E-state index in [9.17, 15) is 22.0 Å². The maximum absolute atomic E-state index is 13.4. The van der Waals surface area contributed by atoms with Crippen LogP contribution in [-0.2, 0) is 11.2 Å². The molecule has 0 saturated heterocycles. The van der Waals surface area contributed by atoms with Crippen LogP contribution >= 0.6 is 0 Å². The zero-order chi connectivity index (χ0) is 15.4. The molecule has 1 aromatic rings. The highest BCUT2D eigenvalue weighted by Crippen LogP contribution is 2.44. The van der Waals surface area contributed by atoms with E-state index in [4.69, 9.17) is 4.74 Å². The number of nitrogens with one attached hydrogen (secondary N) is 1. The molecule has 0 saturated carbocycles. The fourth-order valence-electron chi connectivity index (χ4n) is 1.82. The molecule has 1 N–H and O–H groups in total. The molecule has 0 radical (unpaired) electrons. The minimum absolute atomic E-state index is 0.115. The summed E-state index contributed by atoms with van der Waals surface area (Å²) in [4.78, 5) is 0. The molecule has 0 aliphatic rings. The SMILES string of the molecule is CNC(c1ccc(CCOC)cc1)C(F)(F)C(F)(F)F. The molecular weight excluding hydrogens is 281 g/mol. The zero-order valence-corrected chi connectivity index (χ0v) is 11.1. The second-order valence-corrected chi connectivity index (χ2v) is 4.33. The van der Waals surface area contributed by atoms with Crippen LogP contribution in [0.15, 0.2) is 24.3 Å². The minimum Gasteiger partial charge on any atom is -0.384 e. The van der Waals surface area contributed by atoms with E-state index in [1.807, 2.05) is 5.32 Å². The molecule has 1 aromatic carbocycles. The van der Waals surface area contributed by atoms with Crippen molar-refractivity contribution in [3.8, 4) is 0 Å². The summed E-state index contributed by atoms with van der Waals surface area (Å²) in [5, 5.41) is 2.03. The van der Waals surface area contributed by atoms with Crippen molar-refractivity contribution in [1.29, 1.82) is 0 Å². The second-order valence-electron chi connectivity index (χ2n) is 4.33. The van der Waals surface area contributed by atoms with Crippen LogP contribution in [0.3, 0.4) is 0 Å². The predicted molar refractivity (Wildman–Crippen MR) is 64.8 cm³/mol. The lowest BCUT2D eigenvalue weighted by molar-refractivity contribution is -0.293. The van der Waals surface area contributed by atoms with E-state index in [1.165, 1.54) is 31.4 Å². The van der Waals surface area contributed by atoms with Crippen LogP contribution in [0.2, 0.25) is 0 Å². The van der Waals surface area contributed by atoms with Gasteiger partial charge in [0.2, 0.25) is 0 Å². The van der Waals surface area contributed by atoms with Gasteiger partial charge >= 0.3 is 12.1 Å². The number of rotatable bonds is 6. The summed E-state index contributed by atoms with van der Waals surface area (Å²) >= 11 is 0. The van der Waals surface area contributed by atoms with Crippen LogP contribution in [0.25, 0.3) is 0 Å². The Hall–Kier alpha value is -1.21. The smallest absolute Gasteiger partial charge is 0.384 e. The van der Waals surface area contributed by atoms with Crippen molar-refractivity contribution >= 4 is 0 Å². The van der Waals surface area contributed by atoms with Crippen LogP contribution in [0.1, 0.15) is 17.2 Å². The number of hydrogen-bond acceptors (Lipinski definition) is 2. The van der Waals surface area contributed by atoms with Crippen molar-refractivity contribution in [1.82, 2.24) is 5.32 Å². The normalized spacial score (nSPS) is 14.3. The van der Waals surface area contributed by atoms with E-state index in [2.05, 4.69) is 0 Å². The molecule has 0 aliphatic carbocycles. The maximum Gasteiger partial charge on any atom is 0.455 e. The van der Waals surface area contributed by atoms with Crippen molar-refractivity contribution in [2.75, 3.05) is 20.8 Å².